The van der Waals surface area contributed by atoms with Gasteiger partial charge >= 0.3 is 0 Å². The number of benzene rings is 1. The average Bonchev–Trinajstić information content (AvgIpc) is 2.58. The number of nitrogens with zero attached hydrogens (tertiary/aromatic N) is 1. The van der Waals surface area contributed by atoms with Crippen molar-refractivity contribution < 1.29 is 0 Å². The Hall–Kier alpha value is -1.41. The summed E-state index contributed by atoms with van der Waals surface area (Å²) in [6.07, 6.45) is 9.69. The normalized spacial score (nSPS) is 26.4. The molecule has 2 aromatic rings. The van der Waals surface area contributed by atoms with Crippen molar-refractivity contribution in [3.63, 3.8) is 0 Å². The van der Waals surface area contributed by atoms with Crippen LogP contribution in [0.3, 0.4) is 0 Å². The molecule has 106 valence electrons. The molecule has 1 heterocycles. The van der Waals surface area contributed by atoms with E-state index in [-0.39, 0.29) is 5.54 Å². The molecule has 1 aliphatic carbocycles. The summed E-state index contributed by atoms with van der Waals surface area (Å²) >= 11 is 0. The Morgan fingerprint density at radius 2 is 1.80 bits per heavy atom. The van der Waals surface area contributed by atoms with E-state index in [9.17, 15) is 0 Å². The van der Waals surface area contributed by atoms with Gasteiger partial charge in [-0.05, 0) is 42.0 Å². The minimum atomic E-state index is -0.221. The van der Waals surface area contributed by atoms with Crippen LogP contribution in [-0.4, -0.2) is 4.98 Å². The lowest BCUT2D eigenvalue weighted by atomic mass is 9.80. The lowest BCUT2D eigenvalue weighted by Crippen LogP contribution is -2.36. The van der Waals surface area contributed by atoms with Crippen LogP contribution in [0.25, 0.3) is 10.8 Å². The van der Waals surface area contributed by atoms with Crippen LogP contribution in [0, 0.1) is 5.41 Å². The van der Waals surface area contributed by atoms with Crippen molar-refractivity contribution in [2.24, 2.45) is 11.1 Å². The van der Waals surface area contributed by atoms with Gasteiger partial charge in [-0.1, -0.05) is 44.5 Å². The molecule has 1 fully saturated rings. The van der Waals surface area contributed by atoms with E-state index < -0.39 is 0 Å². The van der Waals surface area contributed by atoms with Gasteiger partial charge in [-0.15, -0.1) is 0 Å². The first-order valence-corrected chi connectivity index (χ1v) is 7.62. The number of fused-ring (bicyclic) bond motifs is 1. The van der Waals surface area contributed by atoms with Gasteiger partial charge in [0.05, 0.1) is 0 Å². The van der Waals surface area contributed by atoms with Crippen LogP contribution in [0.5, 0.6) is 0 Å². The summed E-state index contributed by atoms with van der Waals surface area (Å²) < 4.78 is 0. The van der Waals surface area contributed by atoms with Gasteiger partial charge in [-0.25, -0.2) is 0 Å². The minimum absolute atomic E-state index is 0.221. The van der Waals surface area contributed by atoms with E-state index in [0.717, 1.165) is 12.8 Å². The van der Waals surface area contributed by atoms with Crippen molar-refractivity contribution in [2.75, 3.05) is 0 Å². The van der Waals surface area contributed by atoms with Gasteiger partial charge in [0.2, 0.25) is 0 Å². The van der Waals surface area contributed by atoms with E-state index in [1.807, 2.05) is 12.4 Å². The molecule has 3 rings (SSSR count). The number of nitrogens with two attached hydrogens (primary N) is 1. The van der Waals surface area contributed by atoms with Crippen LogP contribution in [0.4, 0.5) is 0 Å². The summed E-state index contributed by atoms with van der Waals surface area (Å²) in [6.45, 7) is 4.72. The molecule has 2 nitrogen and oxygen atoms in total. The summed E-state index contributed by atoms with van der Waals surface area (Å²) in [5.74, 6) is 0. The predicted octanol–water partition coefficient (Wildman–Crippen LogP) is 4.38. The SMILES string of the molecule is CC1(C)CCCC(N)(c2cncc3ccccc23)CC1. The van der Waals surface area contributed by atoms with Crippen LogP contribution in [0.2, 0.25) is 0 Å². The highest BCUT2D eigenvalue weighted by Gasteiger charge is 2.34. The quantitative estimate of drug-likeness (QED) is 0.780. The molecule has 1 aliphatic rings. The molecule has 0 radical (unpaired) electrons. The maximum Gasteiger partial charge on any atom is 0.0431 e. The third-order valence-electron chi connectivity index (χ3n) is 4.93. The second kappa shape index (κ2) is 4.85. The maximum atomic E-state index is 6.83. The molecule has 2 heteroatoms. The number of pyridine rings is 1. The highest BCUT2D eigenvalue weighted by Crippen LogP contribution is 2.42. The van der Waals surface area contributed by atoms with Crippen LogP contribution in [-0.2, 0) is 5.54 Å². The van der Waals surface area contributed by atoms with Gasteiger partial charge in [-0.2, -0.15) is 0 Å². The molecular formula is C18H24N2. The molecule has 1 saturated carbocycles. The Morgan fingerprint density at radius 1 is 1.00 bits per heavy atom. The minimum Gasteiger partial charge on any atom is -0.321 e. The highest BCUT2D eigenvalue weighted by molar-refractivity contribution is 5.85. The predicted molar refractivity (Wildman–Crippen MR) is 84.5 cm³/mol. The third-order valence-corrected chi connectivity index (χ3v) is 4.93. The fourth-order valence-electron chi connectivity index (χ4n) is 3.48. The number of hydrogen-bond acceptors (Lipinski definition) is 2. The molecule has 1 unspecified atom stereocenters. The van der Waals surface area contributed by atoms with E-state index >= 15 is 0 Å². The Bertz CT molecular complexity index is 612. The Balaban J connectivity index is 2.05. The number of rotatable bonds is 1. The zero-order valence-electron chi connectivity index (χ0n) is 12.5. The van der Waals surface area contributed by atoms with Gasteiger partial charge in [0.15, 0.2) is 0 Å². The molecule has 0 amide bonds. The van der Waals surface area contributed by atoms with Crippen molar-refractivity contribution in [3.8, 4) is 0 Å². The van der Waals surface area contributed by atoms with Gasteiger partial charge in [-0.3, -0.25) is 4.98 Å². The molecule has 0 aliphatic heterocycles. The second-order valence-corrected chi connectivity index (χ2v) is 7.08. The van der Waals surface area contributed by atoms with Crippen molar-refractivity contribution in [2.45, 2.75) is 51.5 Å². The fraction of sp³-hybridized carbons (Fsp3) is 0.500. The molecule has 1 atom stereocenters. The summed E-state index contributed by atoms with van der Waals surface area (Å²) in [5, 5.41) is 2.46. The zero-order chi connectivity index (χ0) is 14.2. The van der Waals surface area contributed by atoms with Crippen LogP contribution >= 0.6 is 0 Å². The first-order chi connectivity index (χ1) is 9.50. The van der Waals surface area contributed by atoms with Gasteiger partial charge in [0.1, 0.15) is 0 Å². The number of hydrogen-bond donors (Lipinski definition) is 1. The van der Waals surface area contributed by atoms with Gasteiger partial charge in [0.25, 0.3) is 0 Å². The molecular weight excluding hydrogens is 244 g/mol. The Morgan fingerprint density at radius 3 is 2.65 bits per heavy atom. The second-order valence-electron chi connectivity index (χ2n) is 7.08. The van der Waals surface area contributed by atoms with Gasteiger partial charge in [0, 0.05) is 23.3 Å². The van der Waals surface area contributed by atoms with E-state index in [0.29, 0.717) is 5.41 Å². The van der Waals surface area contributed by atoms with Gasteiger partial charge < -0.3 is 5.73 Å². The topological polar surface area (TPSA) is 38.9 Å². The molecule has 0 saturated heterocycles. The lowest BCUT2D eigenvalue weighted by Gasteiger charge is -2.30. The van der Waals surface area contributed by atoms with E-state index in [4.69, 9.17) is 5.73 Å². The summed E-state index contributed by atoms with van der Waals surface area (Å²) in [4.78, 5) is 4.42. The average molecular weight is 268 g/mol. The van der Waals surface area contributed by atoms with Crippen LogP contribution in [0.1, 0.15) is 51.5 Å². The molecule has 1 aromatic heterocycles. The molecule has 1 aromatic carbocycles. The van der Waals surface area contributed by atoms with E-state index in [2.05, 4.69) is 43.1 Å². The fourth-order valence-corrected chi connectivity index (χ4v) is 3.48. The smallest absolute Gasteiger partial charge is 0.0431 e. The summed E-state index contributed by atoms with van der Waals surface area (Å²) in [6, 6.07) is 8.45. The van der Waals surface area contributed by atoms with E-state index in [1.165, 1.54) is 35.6 Å². The summed E-state index contributed by atoms with van der Waals surface area (Å²) in [5.41, 5.74) is 8.25. The van der Waals surface area contributed by atoms with Crippen molar-refractivity contribution in [3.05, 3.63) is 42.2 Å². The standard InChI is InChI=1S/C18H24N2/c1-17(2)8-5-9-18(19,11-10-17)16-13-20-12-14-6-3-4-7-15(14)16/h3-4,6-7,12-13H,5,8-11,19H2,1-2H3. The molecule has 0 spiro atoms. The molecule has 0 bridgehead atoms. The van der Waals surface area contributed by atoms with Crippen molar-refractivity contribution in [1.29, 1.82) is 0 Å². The van der Waals surface area contributed by atoms with Crippen molar-refractivity contribution in [1.82, 2.24) is 4.98 Å². The molecule has 20 heavy (non-hydrogen) atoms. The lowest BCUT2D eigenvalue weighted by molar-refractivity contribution is 0.299. The third kappa shape index (κ3) is 2.45. The maximum absolute atomic E-state index is 6.83. The van der Waals surface area contributed by atoms with Crippen molar-refractivity contribution >= 4 is 10.8 Å². The largest absolute Gasteiger partial charge is 0.321 e. The summed E-state index contributed by atoms with van der Waals surface area (Å²) in [7, 11) is 0. The monoisotopic (exact) mass is 268 g/mol. The first-order valence-electron chi connectivity index (χ1n) is 7.62. The Kier molecular flexibility index (Phi) is 3.29. The highest BCUT2D eigenvalue weighted by atomic mass is 14.8. The first kappa shape index (κ1) is 13.6. The van der Waals surface area contributed by atoms with E-state index in [1.54, 1.807) is 0 Å². The van der Waals surface area contributed by atoms with Crippen LogP contribution in [0.15, 0.2) is 36.7 Å². The Labute approximate surface area is 121 Å². The molecule has 2 N–H and O–H groups in total. The van der Waals surface area contributed by atoms with Crippen LogP contribution < -0.4 is 5.73 Å². The number of aromatic nitrogens is 1. The zero-order valence-corrected chi connectivity index (χ0v) is 12.5.